The van der Waals surface area contributed by atoms with Crippen LogP contribution < -0.4 is 5.73 Å². The Kier molecular flexibility index (Phi) is 13.6. The first kappa shape index (κ1) is 11.5. The van der Waals surface area contributed by atoms with Crippen molar-refractivity contribution in [1.82, 2.24) is 0 Å². The molecule has 56 valence electrons. The minimum absolute atomic E-state index is 0.769. The van der Waals surface area contributed by atoms with Crippen LogP contribution in [0.2, 0.25) is 0 Å². The number of hydrogen-bond donors (Lipinski definition) is 1. The van der Waals surface area contributed by atoms with E-state index in [0.29, 0.717) is 0 Å². The Balaban J connectivity index is 0. The lowest BCUT2D eigenvalue weighted by Crippen LogP contribution is -1.95. The fourth-order valence-electron chi connectivity index (χ4n) is 0.372. The van der Waals surface area contributed by atoms with E-state index < -0.39 is 0 Å². The SMILES string of the molecule is CC.CC(C)=CCCN. The van der Waals surface area contributed by atoms with Crippen molar-refractivity contribution in [2.24, 2.45) is 5.73 Å². The highest BCUT2D eigenvalue weighted by atomic mass is 14.5. The molecule has 0 saturated carbocycles. The van der Waals surface area contributed by atoms with Gasteiger partial charge < -0.3 is 5.73 Å². The smallest absolute Gasteiger partial charge is 0.00425 e. The minimum atomic E-state index is 0.769. The van der Waals surface area contributed by atoms with Crippen LogP contribution in [0.3, 0.4) is 0 Å². The van der Waals surface area contributed by atoms with Crippen molar-refractivity contribution >= 4 is 0 Å². The van der Waals surface area contributed by atoms with Gasteiger partial charge >= 0.3 is 0 Å². The van der Waals surface area contributed by atoms with E-state index in [-0.39, 0.29) is 0 Å². The topological polar surface area (TPSA) is 26.0 Å². The summed E-state index contributed by atoms with van der Waals surface area (Å²) in [6, 6.07) is 0. The van der Waals surface area contributed by atoms with Crippen molar-refractivity contribution in [3.8, 4) is 0 Å². The van der Waals surface area contributed by atoms with Crippen LogP contribution in [0.1, 0.15) is 34.1 Å². The van der Waals surface area contributed by atoms with Gasteiger partial charge in [0.1, 0.15) is 0 Å². The van der Waals surface area contributed by atoms with Crippen molar-refractivity contribution in [2.45, 2.75) is 34.1 Å². The summed E-state index contributed by atoms with van der Waals surface area (Å²) in [7, 11) is 0. The van der Waals surface area contributed by atoms with Crippen molar-refractivity contribution in [3.63, 3.8) is 0 Å². The Morgan fingerprint density at radius 3 is 1.89 bits per heavy atom. The largest absolute Gasteiger partial charge is 0.330 e. The van der Waals surface area contributed by atoms with E-state index in [9.17, 15) is 0 Å². The molecule has 0 radical (unpaired) electrons. The molecule has 0 aromatic heterocycles. The van der Waals surface area contributed by atoms with Gasteiger partial charge in [-0.15, -0.1) is 0 Å². The van der Waals surface area contributed by atoms with Gasteiger partial charge in [-0.3, -0.25) is 0 Å². The molecular formula is C8H19N. The van der Waals surface area contributed by atoms with Crippen molar-refractivity contribution < 1.29 is 0 Å². The van der Waals surface area contributed by atoms with E-state index in [1.165, 1.54) is 5.57 Å². The second-order valence-electron chi connectivity index (χ2n) is 1.86. The maximum atomic E-state index is 5.23. The quantitative estimate of drug-likeness (QED) is 0.569. The number of nitrogens with two attached hydrogens (primary N) is 1. The van der Waals surface area contributed by atoms with Crippen LogP contribution in [0.25, 0.3) is 0 Å². The molecule has 1 nitrogen and oxygen atoms in total. The maximum absolute atomic E-state index is 5.23. The van der Waals surface area contributed by atoms with Gasteiger partial charge in [0.2, 0.25) is 0 Å². The lowest BCUT2D eigenvalue weighted by Gasteiger charge is -1.85. The van der Waals surface area contributed by atoms with Crippen LogP contribution in [0.5, 0.6) is 0 Å². The first-order valence-corrected chi connectivity index (χ1v) is 3.61. The molecular weight excluding hydrogens is 110 g/mol. The molecule has 1 heteroatoms. The molecule has 0 unspecified atom stereocenters. The van der Waals surface area contributed by atoms with Gasteiger partial charge in [-0.25, -0.2) is 0 Å². The molecule has 0 bridgehead atoms. The third kappa shape index (κ3) is 18.3. The van der Waals surface area contributed by atoms with Crippen molar-refractivity contribution in [2.75, 3.05) is 6.54 Å². The summed E-state index contributed by atoms with van der Waals surface area (Å²) >= 11 is 0. The molecule has 0 rings (SSSR count). The van der Waals surface area contributed by atoms with Gasteiger partial charge in [-0.1, -0.05) is 25.5 Å². The van der Waals surface area contributed by atoms with Gasteiger partial charge in [0.25, 0.3) is 0 Å². The monoisotopic (exact) mass is 129 g/mol. The molecule has 0 fully saturated rings. The average molecular weight is 129 g/mol. The molecule has 0 aromatic carbocycles. The van der Waals surface area contributed by atoms with Crippen molar-refractivity contribution in [3.05, 3.63) is 11.6 Å². The first-order chi connectivity index (χ1) is 4.27. The van der Waals surface area contributed by atoms with Gasteiger partial charge in [0.15, 0.2) is 0 Å². The Hall–Kier alpha value is -0.300. The predicted molar refractivity (Wildman–Crippen MR) is 44.5 cm³/mol. The first-order valence-electron chi connectivity index (χ1n) is 3.61. The third-order valence-corrected chi connectivity index (χ3v) is 0.719. The summed E-state index contributed by atoms with van der Waals surface area (Å²) in [5.74, 6) is 0. The highest BCUT2D eigenvalue weighted by Gasteiger charge is 1.73. The van der Waals surface area contributed by atoms with Crippen LogP contribution in [0.15, 0.2) is 11.6 Å². The maximum Gasteiger partial charge on any atom is -0.00425 e. The summed E-state index contributed by atoms with van der Waals surface area (Å²) in [5.41, 5.74) is 6.58. The highest BCUT2D eigenvalue weighted by Crippen LogP contribution is 1.89. The van der Waals surface area contributed by atoms with E-state index in [0.717, 1.165) is 13.0 Å². The Labute approximate surface area is 58.9 Å². The van der Waals surface area contributed by atoms with Gasteiger partial charge in [-0.05, 0) is 26.8 Å². The van der Waals surface area contributed by atoms with Crippen LogP contribution in [0.4, 0.5) is 0 Å². The zero-order valence-corrected chi connectivity index (χ0v) is 7.07. The molecule has 0 aromatic rings. The number of allylic oxidation sites excluding steroid dienone is 1. The molecule has 0 amide bonds. The summed E-state index contributed by atoms with van der Waals surface area (Å²) in [6.45, 7) is 8.93. The Morgan fingerprint density at radius 2 is 1.78 bits per heavy atom. The fourth-order valence-corrected chi connectivity index (χ4v) is 0.372. The normalized spacial score (nSPS) is 7.22. The van der Waals surface area contributed by atoms with Crippen LogP contribution in [0, 0.1) is 0 Å². The fraction of sp³-hybridized carbons (Fsp3) is 0.750. The Bertz CT molecular complexity index is 61.0. The average Bonchev–Trinajstić information content (AvgIpc) is 1.88. The zero-order chi connectivity index (χ0) is 7.70. The number of hydrogen-bond acceptors (Lipinski definition) is 1. The Morgan fingerprint density at radius 1 is 1.33 bits per heavy atom. The minimum Gasteiger partial charge on any atom is -0.330 e. The van der Waals surface area contributed by atoms with E-state index in [1.54, 1.807) is 0 Å². The third-order valence-electron chi connectivity index (χ3n) is 0.719. The molecule has 0 heterocycles. The predicted octanol–water partition coefficient (Wildman–Crippen LogP) is 2.33. The summed E-state index contributed by atoms with van der Waals surface area (Å²) in [6.07, 6.45) is 3.16. The molecule has 0 spiro atoms. The molecule has 0 aliphatic heterocycles. The van der Waals surface area contributed by atoms with Crippen molar-refractivity contribution in [1.29, 1.82) is 0 Å². The molecule has 2 N–H and O–H groups in total. The second kappa shape index (κ2) is 10.6. The van der Waals surface area contributed by atoms with Gasteiger partial charge in [-0.2, -0.15) is 0 Å². The molecule has 0 saturated heterocycles. The number of rotatable bonds is 2. The molecule has 0 aliphatic rings. The second-order valence-corrected chi connectivity index (χ2v) is 1.86. The van der Waals surface area contributed by atoms with E-state index in [4.69, 9.17) is 5.73 Å². The molecule has 9 heavy (non-hydrogen) atoms. The highest BCUT2D eigenvalue weighted by molar-refractivity contribution is 4.92. The van der Waals surface area contributed by atoms with Crippen LogP contribution >= 0.6 is 0 Å². The molecule has 0 aliphatic carbocycles. The summed E-state index contributed by atoms with van der Waals surface area (Å²) in [4.78, 5) is 0. The lowest BCUT2D eigenvalue weighted by atomic mass is 10.3. The van der Waals surface area contributed by atoms with Gasteiger partial charge in [0, 0.05) is 0 Å². The van der Waals surface area contributed by atoms with E-state index in [2.05, 4.69) is 19.9 Å². The standard InChI is InChI=1S/C6H13N.C2H6/c1-6(2)4-3-5-7;1-2/h4H,3,5,7H2,1-2H3;1-2H3. The zero-order valence-electron chi connectivity index (χ0n) is 7.07. The summed E-state index contributed by atoms with van der Waals surface area (Å²) < 4.78 is 0. The van der Waals surface area contributed by atoms with Crippen LogP contribution in [-0.2, 0) is 0 Å². The van der Waals surface area contributed by atoms with E-state index in [1.807, 2.05) is 13.8 Å². The molecule has 0 atom stereocenters. The van der Waals surface area contributed by atoms with Gasteiger partial charge in [0.05, 0.1) is 0 Å². The van der Waals surface area contributed by atoms with Crippen LogP contribution in [-0.4, -0.2) is 6.54 Å². The summed E-state index contributed by atoms with van der Waals surface area (Å²) in [5, 5.41) is 0. The van der Waals surface area contributed by atoms with E-state index >= 15 is 0 Å². The lowest BCUT2D eigenvalue weighted by molar-refractivity contribution is 0.995.